The molecule has 0 aliphatic carbocycles. The summed E-state index contributed by atoms with van der Waals surface area (Å²) in [5.41, 5.74) is 0. The minimum Gasteiger partial charge on any atom is -0.449 e. The molecule has 14 nitrogen and oxygen atoms in total. The van der Waals surface area contributed by atoms with Gasteiger partial charge in [0.1, 0.15) is 25.1 Å². The van der Waals surface area contributed by atoms with Crippen molar-refractivity contribution in [2.24, 2.45) is 9.98 Å². The van der Waals surface area contributed by atoms with Gasteiger partial charge in [0.2, 0.25) is 12.8 Å². The number of aliphatic hydroxyl groups excluding tert-OH is 2. The molecule has 0 saturated heterocycles. The van der Waals surface area contributed by atoms with Crippen molar-refractivity contribution in [2.75, 3.05) is 82.2 Å². The van der Waals surface area contributed by atoms with Gasteiger partial charge in [0.25, 0.3) is 0 Å². The molecule has 0 aromatic carbocycles. The van der Waals surface area contributed by atoms with E-state index in [1.165, 1.54) is 83.4 Å². The number of nitrogens with one attached hydrogen (secondary N) is 2. The van der Waals surface area contributed by atoms with Crippen molar-refractivity contribution in [3.05, 3.63) is 0 Å². The maximum Gasteiger partial charge on any atom is 0.408 e. The number of amides is 2. The summed E-state index contributed by atoms with van der Waals surface area (Å²) in [6.07, 6.45) is 1.36. The van der Waals surface area contributed by atoms with Crippen LogP contribution in [-0.4, -0.2) is 117 Å². The number of carbonyl (C=O) groups excluding carboxylic acids is 2. The smallest absolute Gasteiger partial charge is 0.408 e. The van der Waals surface area contributed by atoms with Gasteiger partial charge in [-0.3, -0.25) is 0 Å². The van der Waals surface area contributed by atoms with E-state index < -0.39 is 12.2 Å². The van der Waals surface area contributed by atoms with Gasteiger partial charge in [0, 0.05) is 21.7 Å². The number of alkyl carbamates (subject to hydrolysis) is 2. The van der Waals surface area contributed by atoms with Crippen LogP contribution in [0.5, 0.6) is 0 Å². The zero-order chi connectivity index (χ0) is 28.5. The van der Waals surface area contributed by atoms with Gasteiger partial charge in [-0.15, -0.1) is 70.6 Å². The lowest BCUT2D eigenvalue weighted by atomic mass is 10.8. The minimum atomic E-state index is -0.508. The average Bonchev–Trinajstić information content (AvgIpc) is 2.93. The van der Waals surface area contributed by atoms with E-state index in [2.05, 4.69) is 20.6 Å². The van der Waals surface area contributed by atoms with E-state index in [9.17, 15) is 9.59 Å². The third-order valence-corrected chi connectivity index (χ3v) is 8.88. The van der Waals surface area contributed by atoms with E-state index in [0.717, 1.165) is 0 Å². The molecule has 0 rings (SSSR count). The summed E-state index contributed by atoms with van der Waals surface area (Å²) < 4.78 is 9.98. The normalized spacial score (nSPS) is 11.1. The molecule has 21 heteroatoms. The SMILES string of the molecule is O=C(NCSC/N=C\OOCSCSCO)OCCSCCOO/C=N/CSCNC(=O)OCSCSCO. The second-order valence-electron chi connectivity index (χ2n) is 5.74. The number of rotatable bonds is 28. The van der Waals surface area contributed by atoms with Crippen molar-refractivity contribution in [3.63, 3.8) is 0 Å². The number of aliphatic imine (C=N–C) groups is 2. The summed E-state index contributed by atoms with van der Waals surface area (Å²) in [6, 6.07) is 0. The lowest BCUT2D eigenvalue weighted by Crippen LogP contribution is -2.24. The topological polar surface area (TPSA) is 179 Å². The first-order valence-corrected chi connectivity index (χ1v) is 18.9. The van der Waals surface area contributed by atoms with Crippen molar-refractivity contribution < 1.29 is 48.8 Å². The number of aliphatic hydroxyl groups is 2. The Morgan fingerprint density at radius 2 is 1.23 bits per heavy atom. The number of ether oxygens (including phenoxy) is 2. The quantitative estimate of drug-likeness (QED) is 0.0235. The largest absolute Gasteiger partial charge is 0.449 e. The Morgan fingerprint density at radius 3 is 1.87 bits per heavy atom. The van der Waals surface area contributed by atoms with E-state index in [1.807, 2.05) is 0 Å². The molecule has 0 radical (unpaired) electrons. The third-order valence-electron chi connectivity index (χ3n) is 3.03. The number of thioether (sulfide) groups is 7. The van der Waals surface area contributed by atoms with Crippen molar-refractivity contribution >= 4 is 107 Å². The fraction of sp³-hybridized carbons (Fsp3) is 0.778. The second kappa shape index (κ2) is 34.0. The fourth-order valence-electron chi connectivity index (χ4n) is 1.56. The van der Waals surface area contributed by atoms with Gasteiger partial charge in [0.05, 0.1) is 35.4 Å². The zero-order valence-corrected chi connectivity index (χ0v) is 26.7. The maximum atomic E-state index is 11.6. The van der Waals surface area contributed by atoms with Crippen molar-refractivity contribution in [1.29, 1.82) is 0 Å². The van der Waals surface area contributed by atoms with Gasteiger partial charge in [-0.25, -0.2) is 19.6 Å². The van der Waals surface area contributed by atoms with Crippen LogP contribution in [0.3, 0.4) is 0 Å². The highest BCUT2D eigenvalue weighted by molar-refractivity contribution is 8.16. The summed E-state index contributed by atoms with van der Waals surface area (Å²) in [7, 11) is 0. The standard InChI is InChI=1S/C18H34N4O10S7/c23-11-36-15-38-13-28-18(26)22-10-35-7-19-5-30-29-2-4-33-3-1-27-17(25)21-9-34-8-20-6-31-32-14-39-16-37-12-24/h5-6,23-24H,1-4,7-16H2,(H,21,25)(H,22,26)/b19-5+,20-6-. The van der Waals surface area contributed by atoms with Gasteiger partial charge in [-0.1, -0.05) is 0 Å². The number of carbonyl (C=O) groups is 2. The maximum absolute atomic E-state index is 11.6. The first-order valence-electron chi connectivity index (χ1n) is 10.8. The molecule has 0 atom stereocenters. The second-order valence-corrected chi connectivity index (χ2v) is 13.4. The first-order chi connectivity index (χ1) is 19.2. The summed E-state index contributed by atoms with van der Waals surface area (Å²) in [4.78, 5) is 50.2. The molecule has 0 bridgehead atoms. The van der Waals surface area contributed by atoms with Crippen LogP contribution in [0.1, 0.15) is 0 Å². The Labute approximate surface area is 257 Å². The molecule has 0 aliphatic rings. The van der Waals surface area contributed by atoms with Gasteiger partial charge < -0.3 is 40.1 Å². The highest BCUT2D eigenvalue weighted by Gasteiger charge is 2.02. The van der Waals surface area contributed by atoms with E-state index in [4.69, 9.17) is 39.2 Å². The number of hydrogen-bond donors (Lipinski definition) is 4. The highest BCUT2D eigenvalue weighted by atomic mass is 32.2. The Hall–Kier alpha value is -0.230. The lowest BCUT2D eigenvalue weighted by molar-refractivity contribution is -0.210. The minimum absolute atomic E-state index is 0.0444. The molecular formula is C18H34N4O10S7. The molecule has 0 aromatic rings. The summed E-state index contributed by atoms with van der Waals surface area (Å²) in [6.45, 7) is 0.605. The number of hydrogen-bond acceptors (Lipinski definition) is 19. The third kappa shape index (κ3) is 33.9. The highest BCUT2D eigenvalue weighted by Crippen LogP contribution is 2.11. The van der Waals surface area contributed by atoms with Crippen LogP contribution in [-0.2, 0) is 29.0 Å². The van der Waals surface area contributed by atoms with Crippen LogP contribution in [0, 0.1) is 0 Å². The molecule has 0 saturated carbocycles. The predicted octanol–water partition coefficient (Wildman–Crippen LogP) is 3.08. The van der Waals surface area contributed by atoms with Gasteiger partial charge in [-0.05, 0) is 0 Å². The zero-order valence-electron chi connectivity index (χ0n) is 21.0. The molecule has 39 heavy (non-hydrogen) atoms. The number of nitrogens with zero attached hydrogens (tertiary/aromatic N) is 2. The van der Waals surface area contributed by atoms with Crippen molar-refractivity contribution in [3.8, 4) is 0 Å². The van der Waals surface area contributed by atoms with Crippen LogP contribution in [0.2, 0.25) is 0 Å². The molecule has 0 aromatic heterocycles. The fourth-order valence-corrected chi connectivity index (χ4v) is 5.50. The molecule has 228 valence electrons. The molecule has 0 spiro atoms. The van der Waals surface area contributed by atoms with E-state index in [0.29, 0.717) is 57.7 Å². The van der Waals surface area contributed by atoms with E-state index >= 15 is 0 Å². The molecule has 2 amide bonds. The van der Waals surface area contributed by atoms with Crippen molar-refractivity contribution in [1.82, 2.24) is 10.6 Å². The Morgan fingerprint density at radius 1 is 0.667 bits per heavy atom. The predicted molar refractivity (Wildman–Crippen MR) is 166 cm³/mol. The summed E-state index contributed by atoms with van der Waals surface area (Å²) in [5.74, 6) is 3.40. The van der Waals surface area contributed by atoms with Gasteiger partial charge >= 0.3 is 12.2 Å². The summed E-state index contributed by atoms with van der Waals surface area (Å²) in [5, 5.41) is 23.8. The molecule has 0 unspecified atom stereocenters. The van der Waals surface area contributed by atoms with Crippen molar-refractivity contribution in [2.45, 2.75) is 0 Å². The monoisotopic (exact) mass is 690 g/mol. The summed E-state index contributed by atoms with van der Waals surface area (Å²) >= 11 is 9.84. The first kappa shape index (κ1) is 38.8. The lowest BCUT2D eigenvalue weighted by Gasteiger charge is -2.06. The van der Waals surface area contributed by atoms with Crippen LogP contribution in [0.4, 0.5) is 9.59 Å². The van der Waals surface area contributed by atoms with Crippen LogP contribution < -0.4 is 10.6 Å². The molecule has 0 aliphatic heterocycles. The van der Waals surface area contributed by atoms with Gasteiger partial charge in [-0.2, -0.15) is 21.5 Å². The van der Waals surface area contributed by atoms with Crippen LogP contribution >= 0.6 is 82.3 Å². The molecule has 0 heterocycles. The van der Waals surface area contributed by atoms with E-state index in [-0.39, 0.29) is 24.4 Å². The molecule has 4 N–H and O–H groups in total. The van der Waals surface area contributed by atoms with Crippen LogP contribution in [0.15, 0.2) is 9.98 Å². The Bertz CT molecular complexity index is 633. The van der Waals surface area contributed by atoms with E-state index in [1.54, 1.807) is 11.8 Å². The Balaban J connectivity index is 3.31. The van der Waals surface area contributed by atoms with Crippen LogP contribution in [0.25, 0.3) is 0 Å². The molecule has 0 fully saturated rings. The van der Waals surface area contributed by atoms with Gasteiger partial charge in [0.15, 0.2) is 0 Å². The Kier molecular flexibility index (Phi) is 33.8. The molecular weight excluding hydrogens is 657 g/mol. The average molecular weight is 691 g/mol.